The normalized spacial score (nSPS) is 10.7. The van der Waals surface area contributed by atoms with Crippen molar-refractivity contribution in [3.05, 3.63) is 94.1 Å². The van der Waals surface area contributed by atoms with Gasteiger partial charge in [0.1, 0.15) is 0 Å². The average molecular weight is 326 g/mol. The molecule has 4 heteroatoms. The second-order valence-corrected chi connectivity index (χ2v) is 5.65. The van der Waals surface area contributed by atoms with Crippen molar-refractivity contribution in [2.75, 3.05) is 0 Å². The summed E-state index contributed by atoms with van der Waals surface area (Å²) in [5.74, 6) is 0.207. The van der Waals surface area contributed by atoms with Crippen LogP contribution in [-0.2, 0) is 13.0 Å². The summed E-state index contributed by atoms with van der Waals surface area (Å²) in [6, 6.07) is 17.1. The second kappa shape index (κ2) is 6.71. The number of benzene rings is 2. The van der Waals surface area contributed by atoms with Crippen molar-refractivity contribution in [3.63, 3.8) is 0 Å². The van der Waals surface area contributed by atoms with Crippen LogP contribution in [0.3, 0.4) is 0 Å². The summed E-state index contributed by atoms with van der Waals surface area (Å²) >= 11 is 5.93. The highest BCUT2D eigenvalue weighted by atomic mass is 35.5. The number of hydrogen-bond donors (Lipinski definition) is 0. The molecule has 0 saturated heterocycles. The minimum atomic E-state index is -0.365. The molecule has 0 saturated carbocycles. The van der Waals surface area contributed by atoms with E-state index >= 15 is 0 Å². The Morgan fingerprint density at radius 1 is 1.09 bits per heavy atom. The number of allylic oxidation sites excluding steroid dienone is 1. The van der Waals surface area contributed by atoms with Gasteiger partial charge in [0.15, 0.2) is 5.76 Å². The molecule has 0 aliphatic heterocycles. The third kappa shape index (κ3) is 3.30. The van der Waals surface area contributed by atoms with Gasteiger partial charge in [0.2, 0.25) is 0 Å². The van der Waals surface area contributed by atoms with E-state index in [0.29, 0.717) is 23.7 Å². The van der Waals surface area contributed by atoms with Crippen LogP contribution < -0.4 is 5.76 Å². The SMILES string of the molecule is C=CCc1c(-c2ccc(Cl)cc2)oc(=O)n1Cc1ccccc1. The molecule has 0 radical (unpaired) electrons. The molecule has 0 aliphatic carbocycles. The summed E-state index contributed by atoms with van der Waals surface area (Å²) in [6.45, 7) is 4.26. The molecule has 0 unspecified atom stereocenters. The summed E-state index contributed by atoms with van der Waals surface area (Å²) in [5, 5.41) is 0.644. The maximum absolute atomic E-state index is 12.3. The van der Waals surface area contributed by atoms with E-state index in [4.69, 9.17) is 16.0 Å². The molecule has 1 aromatic heterocycles. The van der Waals surface area contributed by atoms with E-state index in [-0.39, 0.29) is 5.76 Å². The van der Waals surface area contributed by atoms with Crippen molar-refractivity contribution in [2.24, 2.45) is 0 Å². The maximum atomic E-state index is 12.3. The van der Waals surface area contributed by atoms with E-state index < -0.39 is 0 Å². The molecule has 0 fully saturated rings. The Bertz CT molecular complexity index is 861. The first-order chi connectivity index (χ1) is 11.2. The number of rotatable bonds is 5. The molecule has 0 aliphatic rings. The Kier molecular flexibility index (Phi) is 4.49. The molecule has 2 aromatic carbocycles. The van der Waals surface area contributed by atoms with Crippen molar-refractivity contribution >= 4 is 11.6 Å². The van der Waals surface area contributed by atoms with Crippen LogP contribution in [0, 0.1) is 0 Å². The summed E-state index contributed by atoms with van der Waals surface area (Å²) in [4.78, 5) is 12.3. The Balaban J connectivity index is 2.08. The van der Waals surface area contributed by atoms with Gasteiger partial charge in [-0.05, 0) is 29.8 Å². The van der Waals surface area contributed by atoms with Crippen LogP contribution in [0.25, 0.3) is 11.3 Å². The zero-order chi connectivity index (χ0) is 16.2. The standard InChI is InChI=1S/C19H16ClNO2/c1-2-6-17-18(15-9-11-16(20)12-10-15)23-19(22)21(17)13-14-7-4-3-5-8-14/h2-5,7-12H,1,6,13H2. The van der Waals surface area contributed by atoms with E-state index in [1.54, 1.807) is 22.8 Å². The van der Waals surface area contributed by atoms with Gasteiger partial charge in [-0.15, -0.1) is 6.58 Å². The number of oxazole rings is 1. The highest BCUT2D eigenvalue weighted by Crippen LogP contribution is 2.25. The highest BCUT2D eigenvalue weighted by molar-refractivity contribution is 6.30. The summed E-state index contributed by atoms with van der Waals surface area (Å²) in [5.41, 5.74) is 2.69. The molecule has 0 bridgehead atoms. The fourth-order valence-electron chi connectivity index (χ4n) is 2.53. The molecule has 0 amide bonds. The van der Waals surface area contributed by atoms with Crippen LogP contribution in [0.15, 0.2) is 76.5 Å². The van der Waals surface area contributed by atoms with Crippen molar-refractivity contribution in [2.45, 2.75) is 13.0 Å². The summed E-state index contributed by atoms with van der Waals surface area (Å²) in [7, 11) is 0. The minimum absolute atomic E-state index is 0.365. The molecule has 116 valence electrons. The first-order valence-corrected chi connectivity index (χ1v) is 7.70. The van der Waals surface area contributed by atoms with Crippen LogP contribution in [0.1, 0.15) is 11.3 Å². The quantitative estimate of drug-likeness (QED) is 0.646. The van der Waals surface area contributed by atoms with E-state index in [0.717, 1.165) is 16.8 Å². The zero-order valence-electron chi connectivity index (χ0n) is 12.5. The Morgan fingerprint density at radius 2 is 1.78 bits per heavy atom. The van der Waals surface area contributed by atoms with Crippen LogP contribution >= 0.6 is 11.6 Å². The fraction of sp³-hybridized carbons (Fsp3) is 0.105. The number of hydrogen-bond acceptors (Lipinski definition) is 2. The molecule has 3 rings (SSSR count). The van der Waals surface area contributed by atoms with Crippen LogP contribution in [0.2, 0.25) is 5.02 Å². The maximum Gasteiger partial charge on any atom is 0.420 e. The Labute approximate surface area is 139 Å². The van der Waals surface area contributed by atoms with Gasteiger partial charge in [-0.3, -0.25) is 4.57 Å². The van der Waals surface area contributed by atoms with Gasteiger partial charge in [0, 0.05) is 17.0 Å². The van der Waals surface area contributed by atoms with Gasteiger partial charge in [-0.1, -0.05) is 48.0 Å². The monoisotopic (exact) mass is 325 g/mol. The third-order valence-electron chi connectivity index (χ3n) is 3.63. The molecule has 3 nitrogen and oxygen atoms in total. The minimum Gasteiger partial charge on any atom is -0.407 e. The van der Waals surface area contributed by atoms with Crippen LogP contribution in [0.5, 0.6) is 0 Å². The van der Waals surface area contributed by atoms with Crippen LogP contribution in [-0.4, -0.2) is 4.57 Å². The van der Waals surface area contributed by atoms with E-state index in [1.165, 1.54) is 0 Å². The molecular weight excluding hydrogens is 310 g/mol. The van der Waals surface area contributed by atoms with Gasteiger partial charge < -0.3 is 4.42 Å². The summed E-state index contributed by atoms with van der Waals surface area (Å²) < 4.78 is 7.17. The Morgan fingerprint density at radius 3 is 2.43 bits per heavy atom. The van der Waals surface area contributed by atoms with Gasteiger partial charge in [-0.25, -0.2) is 4.79 Å². The van der Waals surface area contributed by atoms with E-state index in [1.807, 2.05) is 42.5 Å². The molecule has 23 heavy (non-hydrogen) atoms. The Hall–Kier alpha value is -2.52. The van der Waals surface area contributed by atoms with Crippen LogP contribution in [0.4, 0.5) is 0 Å². The van der Waals surface area contributed by atoms with Gasteiger partial charge >= 0.3 is 5.76 Å². The molecular formula is C19H16ClNO2. The lowest BCUT2D eigenvalue weighted by atomic mass is 10.1. The van der Waals surface area contributed by atoms with Crippen molar-refractivity contribution < 1.29 is 4.42 Å². The highest BCUT2D eigenvalue weighted by Gasteiger charge is 2.17. The molecule has 1 heterocycles. The topological polar surface area (TPSA) is 35.1 Å². The van der Waals surface area contributed by atoms with Crippen molar-refractivity contribution in [3.8, 4) is 11.3 Å². The second-order valence-electron chi connectivity index (χ2n) is 5.22. The fourth-order valence-corrected chi connectivity index (χ4v) is 2.65. The predicted octanol–water partition coefficient (Wildman–Crippen LogP) is 4.54. The lowest BCUT2D eigenvalue weighted by molar-refractivity contribution is 0.496. The molecule has 0 N–H and O–H groups in total. The van der Waals surface area contributed by atoms with Crippen molar-refractivity contribution in [1.29, 1.82) is 0 Å². The lowest BCUT2D eigenvalue weighted by Crippen LogP contribution is -2.17. The number of aromatic nitrogens is 1. The van der Waals surface area contributed by atoms with E-state index in [2.05, 4.69) is 6.58 Å². The van der Waals surface area contributed by atoms with Crippen molar-refractivity contribution in [1.82, 2.24) is 4.57 Å². The predicted molar refractivity (Wildman–Crippen MR) is 92.9 cm³/mol. The third-order valence-corrected chi connectivity index (χ3v) is 3.88. The first-order valence-electron chi connectivity index (χ1n) is 7.32. The van der Waals surface area contributed by atoms with Gasteiger partial charge in [0.05, 0.1) is 12.2 Å². The number of nitrogens with zero attached hydrogens (tertiary/aromatic N) is 1. The smallest absolute Gasteiger partial charge is 0.407 e. The summed E-state index contributed by atoms with van der Waals surface area (Å²) in [6.07, 6.45) is 2.32. The largest absolute Gasteiger partial charge is 0.420 e. The van der Waals surface area contributed by atoms with E-state index in [9.17, 15) is 4.79 Å². The average Bonchev–Trinajstić information content (AvgIpc) is 2.86. The zero-order valence-corrected chi connectivity index (χ0v) is 13.3. The molecule has 3 aromatic rings. The lowest BCUT2D eigenvalue weighted by Gasteiger charge is -2.06. The van der Waals surface area contributed by atoms with Gasteiger partial charge in [-0.2, -0.15) is 0 Å². The molecule has 0 atom stereocenters. The molecule has 0 spiro atoms. The number of halogens is 1. The van der Waals surface area contributed by atoms with Gasteiger partial charge in [0.25, 0.3) is 0 Å². The first kappa shape index (κ1) is 15.4.